The van der Waals surface area contributed by atoms with Gasteiger partial charge in [-0.3, -0.25) is 9.89 Å². The summed E-state index contributed by atoms with van der Waals surface area (Å²) in [4.78, 5) is 12.1. The van der Waals surface area contributed by atoms with Crippen molar-refractivity contribution in [3.8, 4) is 0 Å². The number of carbonyl (C=O) groups is 1. The Hall–Kier alpha value is -1.81. The van der Waals surface area contributed by atoms with Crippen LogP contribution in [0.1, 0.15) is 41.4 Å². The molecular weight excluding hydrogens is 262 g/mol. The van der Waals surface area contributed by atoms with Crippen LogP contribution in [0.25, 0.3) is 0 Å². The van der Waals surface area contributed by atoms with Crippen LogP contribution >= 0.6 is 11.6 Å². The largest absolute Gasteiger partial charge is 0.305 e. The molecule has 1 aromatic carbocycles. The number of hydrogen-bond donors (Lipinski definition) is 2. The van der Waals surface area contributed by atoms with Gasteiger partial charge in [0.25, 0.3) is 5.91 Å². The SMILES string of the molecule is CC(C)c1cc(NC(=O)c2cccc(CCl)c2)n[nH]1. The smallest absolute Gasteiger partial charge is 0.256 e. The van der Waals surface area contributed by atoms with Crippen molar-refractivity contribution in [1.29, 1.82) is 0 Å². The second kappa shape index (κ2) is 5.89. The van der Waals surface area contributed by atoms with E-state index in [-0.39, 0.29) is 5.91 Å². The molecule has 0 spiro atoms. The number of benzene rings is 1. The highest BCUT2D eigenvalue weighted by Gasteiger charge is 2.10. The highest BCUT2D eigenvalue weighted by atomic mass is 35.5. The summed E-state index contributed by atoms with van der Waals surface area (Å²) in [6.45, 7) is 4.12. The van der Waals surface area contributed by atoms with Crippen molar-refractivity contribution in [2.24, 2.45) is 0 Å². The number of aromatic nitrogens is 2. The van der Waals surface area contributed by atoms with Gasteiger partial charge in [-0.1, -0.05) is 26.0 Å². The number of anilines is 1. The third-order valence-corrected chi connectivity index (χ3v) is 3.11. The van der Waals surface area contributed by atoms with E-state index in [1.165, 1.54) is 0 Å². The van der Waals surface area contributed by atoms with Crippen molar-refractivity contribution in [1.82, 2.24) is 10.2 Å². The van der Waals surface area contributed by atoms with E-state index >= 15 is 0 Å². The van der Waals surface area contributed by atoms with Crippen molar-refractivity contribution in [3.05, 3.63) is 47.2 Å². The Kier molecular flexibility index (Phi) is 4.22. The number of aromatic amines is 1. The van der Waals surface area contributed by atoms with Gasteiger partial charge in [0.1, 0.15) is 0 Å². The molecule has 2 N–H and O–H groups in total. The molecule has 0 saturated heterocycles. The number of nitrogens with zero attached hydrogens (tertiary/aromatic N) is 1. The van der Waals surface area contributed by atoms with Gasteiger partial charge in [-0.25, -0.2) is 0 Å². The van der Waals surface area contributed by atoms with Crippen molar-refractivity contribution in [3.63, 3.8) is 0 Å². The molecule has 2 aromatic rings. The summed E-state index contributed by atoms with van der Waals surface area (Å²) in [5, 5.41) is 9.72. The van der Waals surface area contributed by atoms with Gasteiger partial charge in [-0.2, -0.15) is 5.10 Å². The number of nitrogens with one attached hydrogen (secondary N) is 2. The molecule has 0 aliphatic carbocycles. The maximum absolute atomic E-state index is 12.1. The summed E-state index contributed by atoms with van der Waals surface area (Å²) < 4.78 is 0. The lowest BCUT2D eigenvalue weighted by molar-refractivity contribution is 0.102. The molecule has 4 nitrogen and oxygen atoms in total. The lowest BCUT2D eigenvalue weighted by Gasteiger charge is -2.03. The maximum atomic E-state index is 12.1. The number of H-pyrrole nitrogens is 1. The number of hydrogen-bond acceptors (Lipinski definition) is 2. The van der Waals surface area contributed by atoms with E-state index in [1.54, 1.807) is 12.1 Å². The standard InChI is InChI=1S/C14H16ClN3O/c1-9(2)12-7-13(18-17-12)16-14(19)11-5-3-4-10(6-11)8-15/h3-7,9H,8H2,1-2H3,(H2,16,17,18,19). The highest BCUT2D eigenvalue weighted by Crippen LogP contribution is 2.16. The zero-order valence-electron chi connectivity index (χ0n) is 10.9. The van der Waals surface area contributed by atoms with Crippen molar-refractivity contribution in [2.75, 3.05) is 5.32 Å². The zero-order valence-corrected chi connectivity index (χ0v) is 11.7. The molecule has 1 aromatic heterocycles. The fourth-order valence-corrected chi connectivity index (χ4v) is 1.85. The molecule has 0 aliphatic rings. The molecule has 1 heterocycles. The Morgan fingerprint density at radius 2 is 2.21 bits per heavy atom. The first-order chi connectivity index (χ1) is 9.10. The number of amides is 1. The highest BCUT2D eigenvalue weighted by molar-refractivity contribution is 6.17. The molecule has 0 unspecified atom stereocenters. The first-order valence-electron chi connectivity index (χ1n) is 6.11. The van der Waals surface area contributed by atoms with Gasteiger partial charge in [0.2, 0.25) is 0 Å². The minimum atomic E-state index is -0.186. The van der Waals surface area contributed by atoms with Crippen LogP contribution < -0.4 is 5.32 Å². The van der Waals surface area contributed by atoms with E-state index in [2.05, 4.69) is 29.4 Å². The monoisotopic (exact) mass is 277 g/mol. The summed E-state index contributed by atoms with van der Waals surface area (Å²) in [6, 6.07) is 9.07. The normalized spacial score (nSPS) is 10.7. The number of carbonyl (C=O) groups excluding carboxylic acids is 1. The molecular formula is C14H16ClN3O. The van der Waals surface area contributed by atoms with Crippen LogP contribution in [-0.4, -0.2) is 16.1 Å². The quantitative estimate of drug-likeness (QED) is 0.840. The molecule has 0 saturated carbocycles. The number of alkyl halides is 1. The molecule has 0 bridgehead atoms. The summed E-state index contributed by atoms with van der Waals surface area (Å²) in [7, 11) is 0. The molecule has 19 heavy (non-hydrogen) atoms. The van der Waals surface area contributed by atoms with Crippen LogP contribution in [0, 0.1) is 0 Å². The van der Waals surface area contributed by atoms with Gasteiger partial charge in [0.05, 0.1) is 0 Å². The van der Waals surface area contributed by atoms with E-state index in [1.807, 2.05) is 18.2 Å². The lowest BCUT2D eigenvalue weighted by atomic mass is 10.1. The third kappa shape index (κ3) is 3.35. The van der Waals surface area contributed by atoms with Crippen LogP contribution in [0.4, 0.5) is 5.82 Å². The second-order valence-corrected chi connectivity index (χ2v) is 4.92. The Labute approximate surface area is 117 Å². The molecule has 5 heteroatoms. The first kappa shape index (κ1) is 13.6. The Balaban J connectivity index is 2.11. The predicted molar refractivity (Wildman–Crippen MR) is 76.6 cm³/mol. The summed E-state index contributed by atoms with van der Waals surface area (Å²) >= 11 is 5.75. The van der Waals surface area contributed by atoms with Crippen LogP contribution in [0.15, 0.2) is 30.3 Å². The fourth-order valence-electron chi connectivity index (χ4n) is 1.68. The average Bonchev–Trinajstić information content (AvgIpc) is 2.87. The summed E-state index contributed by atoms with van der Waals surface area (Å²) in [6.07, 6.45) is 0. The van der Waals surface area contributed by atoms with Crippen LogP contribution in [0.3, 0.4) is 0 Å². The van der Waals surface area contributed by atoms with E-state index in [9.17, 15) is 4.79 Å². The Morgan fingerprint density at radius 1 is 1.42 bits per heavy atom. The summed E-state index contributed by atoms with van der Waals surface area (Å²) in [5.74, 6) is 1.08. The van der Waals surface area contributed by atoms with Crippen molar-refractivity contribution < 1.29 is 4.79 Å². The maximum Gasteiger partial charge on any atom is 0.256 e. The molecule has 100 valence electrons. The molecule has 0 radical (unpaired) electrons. The average molecular weight is 278 g/mol. The van der Waals surface area contributed by atoms with Gasteiger partial charge in [0, 0.05) is 23.2 Å². The fraction of sp³-hybridized carbons (Fsp3) is 0.286. The minimum Gasteiger partial charge on any atom is -0.305 e. The Morgan fingerprint density at radius 3 is 2.84 bits per heavy atom. The molecule has 0 aliphatic heterocycles. The van der Waals surface area contributed by atoms with Gasteiger partial charge in [0.15, 0.2) is 5.82 Å². The zero-order chi connectivity index (χ0) is 13.8. The van der Waals surface area contributed by atoms with Gasteiger partial charge in [-0.05, 0) is 23.6 Å². The minimum absolute atomic E-state index is 0.186. The lowest BCUT2D eigenvalue weighted by Crippen LogP contribution is -2.12. The predicted octanol–water partition coefficient (Wildman–Crippen LogP) is 3.52. The van der Waals surface area contributed by atoms with Gasteiger partial charge < -0.3 is 5.32 Å². The van der Waals surface area contributed by atoms with Crippen molar-refractivity contribution >= 4 is 23.3 Å². The molecule has 2 rings (SSSR count). The van der Waals surface area contributed by atoms with Crippen molar-refractivity contribution in [2.45, 2.75) is 25.6 Å². The second-order valence-electron chi connectivity index (χ2n) is 4.65. The topological polar surface area (TPSA) is 57.8 Å². The van der Waals surface area contributed by atoms with Crippen LogP contribution in [0.2, 0.25) is 0 Å². The third-order valence-electron chi connectivity index (χ3n) is 2.80. The van der Waals surface area contributed by atoms with E-state index in [0.717, 1.165) is 11.3 Å². The molecule has 0 fully saturated rings. The first-order valence-corrected chi connectivity index (χ1v) is 6.65. The molecule has 1 amide bonds. The van der Waals surface area contributed by atoms with E-state index in [4.69, 9.17) is 11.6 Å². The molecule has 0 atom stereocenters. The number of rotatable bonds is 4. The van der Waals surface area contributed by atoms with E-state index < -0.39 is 0 Å². The summed E-state index contributed by atoms with van der Waals surface area (Å²) in [5.41, 5.74) is 2.48. The van der Waals surface area contributed by atoms with Gasteiger partial charge in [-0.15, -0.1) is 11.6 Å². The van der Waals surface area contributed by atoms with Crippen LogP contribution in [-0.2, 0) is 5.88 Å². The van der Waals surface area contributed by atoms with Crippen LogP contribution in [0.5, 0.6) is 0 Å². The Bertz CT molecular complexity index is 578. The van der Waals surface area contributed by atoms with E-state index in [0.29, 0.717) is 23.2 Å². The number of halogens is 1. The van der Waals surface area contributed by atoms with Gasteiger partial charge >= 0.3 is 0 Å².